The van der Waals surface area contributed by atoms with Crippen LogP contribution in [0.1, 0.15) is 44.6 Å². The van der Waals surface area contributed by atoms with Gasteiger partial charge in [-0.2, -0.15) is 5.26 Å². The molecule has 0 radical (unpaired) electrons. The summed E-state index contributed by atoms with van der Waals surface area (Å²) in [5.41, 5.74) is 1.30. The number of ether oxygens (including phenoxy) is 1. The van der Waals surface area contributed by atoms with Crippen molar-refractivity contribution in [3.63, 3.8) is 0 Å². The van der Waals surface area contributed by atoms with E-state index in [0.29, 0.717) is 12.1 Å². The van der Waals surface area contributed by atoms with Gasteiger partial charge in [-0.05, 0) is 31.0 Å². The third-order valence-electron chi connectivity index (χ3n) is 3.54. The highest BCUT2D eigenvalue weighted by atomic mass is 16.6. The molecular weight excluding hydrogens is 252 g/mol. The van der Waals surface area contributed by atoms with Gasteiger partial charge in [0.2, 0.25) is 0 Å². The summed E-state index contributed by atoms with van der Waals surface area (Å²) >= 11 is 0. The third kappa shape index (κ3) is 3.51. The van der Waals surface area contributed by atoms with Gasteiger partial charge in [0.05, 0.1) is 18.2 Å². The second-order valence-electron chi connectivity index (χ2n) is 5.13. The molecule has 1 saturated heterocycles. The number of carbonyl (C=O) groups excluding carboxylic acids is 1. The Morgan fingerprint density at radius 3 is 3.00 bits per heavy atom. The van der Waals surface area contributed by atoms with Crippen molar-refractivity contribution in [2.75, 3.05) is 11.4 Å². The van der Waals surface area contributed by atoms with Crippen molar-refractivity contribution in [2.24, 2.45) is 0 Å². The number of nitrogens with zero attached hydrogens (tertiary/aromatic N) is 2. The molecule has 20 heavy (non-hydrogen) atoms. The minimum absolute atomic E-state index is 0.0231. The van der Waals surface area contributed by atoms with Crippen LogP contribution in [-0.2, 0) is 4.74 Å². The van der Waals surface area contributed by atoms with Gasteiger partial charge in [-0.3, -0.25) is 4.90 Å². The normalized spacial score (nSPS) is 17.9. The van der Waals surface area contributed by atoms with Crippen molar-refractivity contribution < 1.29 is 9.53 Å². The summed E-state index contributed by atoms with van der Waals surface area (Å²) in [7, 11) is 0. The first-order chi connectivity index (χ1) is 9.74. The average molecular weight is 272 g/mol. The Bertz CT molecular complexity index is 507. The Morgan fingerprint density at radius 1 is 1.40 bits per heavy atom. The van der Waals surface area contributed by atoms with Crippen molar-refractivity contribution in [2.45, 2.75) is 45.1 Å². The molecule has 0 aromatic heterocycles. The standard InChI is InChI=1S/C16H20N2O2/c1-2-3-4-5-9-15-12-18(16(19)20-15)14-8-6-7-13(10-14)11-17/h6-8,10,15H,2-5,9,12H2,1H3. The Kier molecular flexibility index (Phi) is 5.00. The Labute approximate surface area is 120 Å². The largest absolute Gasteiger partial charge is 0.444 e. The molecule has 1 heterocycles. The van der Waals surface area contributed by atoms with Crippen LogP contribution >= 0.6 is 0 Å². The zero-order chi connectivity index (χ0) is 14.4. The van der Waals surface area contributed by atoms with E-state index in [1.165, 1.54) is 19.3 Å². The number of benzene rings is 1. The van der Waals surface area contributed by atoms with E-state index < -0.39 is 0 Å². The molecule has 0 saturated carbocycles. The van der Waals surface area contributed by atoms with Crippen LogP contribution in [0.3, 0.4) is 0 Å². The van der Waals surface area contributed by atoms with Crippen molar-refractivity contribution in [1.29, 1.82) is 5.26 Å². The van der Waals surface area contributed by atoms with Crippen molar-refractivity contribution in [3.8, 4) is 6.07 Å². The first-order valence-corrected chi connectivity index (χ1v) is 7.23. The maximum Gasteiger partial charge on any atom is 0.414 e. The van der Waals surface area contributed by atoms with Crippen molar-refractivity contribution in [3.05, 3.63) is 29.8 Å². The molecule has 1 aliphatic rings. The van der Waals surface area contributed by atoms with E-state index in [0.717, 1.165) is 18.5 Å². The van der Waals surface area contributed by atoms with Crippen LogP contribution in [-0.4, -0.2) is 18.7 Å². The number of carbonyl (C=O) groups is 1. The Morgan fingerprint density at radius 2 is 2.25 bits per heavy atom. The maximum atomic E-state index is 11.9. The van der Waals surface area contributed by atoms with E-state index in [1.807, 2.05) is 6.07 Å². The van der Waals surface area contributed by atoms with E-state index in [9.17, 15) is 4.79 Å². The molecule has 2 rings (SSSR count). The van der Waals surface area contributed by atoms with Crippen LogP contribution in [0.4, 0.5) is 10.5 Å². The van der Waals surface area contributed by atoms with Gasteiger partial charge in [0.1, 0.15) is 6.10 Å². The molecule has 1 atom stereocenters. The molecule has 0 aliphatic carbocycles. The fraction of sp³-hybridized carbons (Fsp3) is 0.500. The van der Waals surface area contributed by atoms with Gasteiger partial charge in [0, 0.05) is 5.69 Å². The predicted molar refractivity (Wildman–Crippen MR) is 77.5 cm³/mol. The molecule has 0 N–H and O–H groups in total. The average Bonchev–Trinajstić information content (AvgIpc) is 2.85. The lowest BCUT2D eigenvalue weighted by Crippen LogP contribution is -2.24. The lowest BCUT2D eigenvalue weighted by atomic mass is 10.1. The third-order valence-corrected chi connectivity index (χ3v) is 3.54. The maximum absolute atomic E-state index is 11.9. The quantitative estimate of drug-likeness (QED) is 0.739. The molecule has 4 nitrogen and oxygen atoms in total. The van der Waals surface area contributed by atoms with Gasteiger partial charge in [-0.25, -0.2) is 4.79 Å². The fourth-order valence-corrected chi connectivity index (χ4v) is 2.42. The van der Waals surface area contributed by atoms with Crippen LogP contribution in [0.15, 0.2) is 24.3 Å². The minimum atomic E-state index is -0.305. The number of hydrogen-bond donors (Lipinski definition) is 0. The number of unbranched alkanes of at least 4 members (excludes halogenated alkanes) is 3. The lowest BCUT2D eigenvalue weighted by Gasteiger charge is -2.12. The van der Waals surface area contributed by atoms with Gasteiger partial charge in [-0.15, -0.1) is 0 Å². The first-order valence-electron chi connectivity index (χ1n) is 7.23. The predicted octanol–water partition coefficient (Wildman–Crippen LogP) is 3.85. The first kappa shape index (κ1) is 14.4. The summed E-state index contributed by atoms with van der Waals surface area (Å²) in [5, 5.41) is 8.90. The van der Waals surface area contributed by atoms with Crippen molar-refractivity contribution >= 4 is 11.8 Å². The molecule has 106 valence electrons. The number of cyclic esters (lactones) is 1. The highest BCUT2D eigenvalue weighted by molar-refractivity contribution is 5.89. The van der Waals surface area contributed by atoms with Crippen LogP contribution < -0.4 is 4.90 Å². The molecule has 0 bridgehead atoms. The SMILES string of the molecule is CCCCCCC1CN(c2cccc(C#N)c2)C(=O)O1. The highest BCUT2D eigenvalue weighted by Crippen LogP contribution is 2.24. The van der Waals surface area contributed by atoms with E-state index >= 15 is 0 Å². The van der Waals surface area contributed by atoms with E-state index in [2.05, 4.69) is 13.0 Å². The number of amides is 1. The van der Waals surface area contributed by atoms with Crippen LogP contribution in [0, 0.1) is 11.3 Å². The van der Waals surface area contributed by atoms with Crippen LogP contribution in [0.2, 0.25) is 0 Å². The molecule has 1 aromatic carbocycles. The molecule has 0 spiro atoms. The Hall–Kier alpha value is -2.02. The van der Waals surface area contributed by atoms with Crippen LogP contribution in [0.25, 0.3) is 0 Å². The summed E-state index contributed by atoms with van der Waals surface area (Å²) in [5.74, 6) is 0. The molecular formula is C16H20N2O2. The summed E-state index contributed by atoms with van der Waals surface area (Å²) in [6, 6.07) is 9.16. The zero-order valence-electron chi connectivity index (χ0n) is 11.8. The second kappa shape index (κ2) is 6.95. The Balaban J connectivity index is 1.93. The van der Waals surface area contributed by atoms with E-state index in [-0.39, 0.29) is 12.2 Å². The summed E-state index contributed by atoms with van der Waals surface area (Å²) in [4.78, 5) is 13.5. The highest BCUT2D eigenvalue weighted by Gasteiger charge is 2.31. The van der Waals surface area contributed by atoms with Gasteiger partial charge in [-0.1, -0.05) is 32.3 Å². The molecule has 1 fully saturated rings. The summed E-state index contributed by atoms with van der Waals surface area (Å²) in [6.07, 6.45) is 5.31. The van der Waals surface area contributed by atoms with Gasteiger partial charge in [0.25, 0.3) is 0 Å². The van der Waals surface area contributed by atoms with E-state index in [4.69, 9.17) is 10.00 Å². The summed E-state index contributed by atoms with van der Waals surface area (Å²) < 4.78 is 5.39. The molecule has 1 aliphatic heterocycles. The molecule has 1 amide bonds. The summed E-state index contributed by atoms with van der Waals surface area (Å²) in [6.45, 7) is 2.76. The van der Waals surface area contributed by atoms with Gasteiger partial charge >= 0.3 is 6.09 Å². The minimum Gasteiger partial charge on any atom is -0.444 e. The van der Waals surface area contributed by atoms with Crippen LogP contribution in [0.5, 0.6) is 0 Å². The molecule has 1 unspecified atom stereocenters. The molecule has 4 heteroatoms. The molecule has 1 aromatic rings. The number of anilines is 1. The topological polar surface area (TPSA) is 53.3 Å². The van der Waals surface area contributed by atoms with Gasteiger partial charge in [0.15, 0.2) is 0 Å². The number of rotatable bonds is 6. The number of nitriles is 1. The smallest absolute Gasteiger partial charge is 0.414 e. The second-order valence-corrected chi connectivity index (χ2v) is 5.13. The van der Waals surface area contributed by atoms with E-state index in [1.54, 1.807) is 23.1 Å². The van der Waals surface area contributed by atoms with Gasteiger partial charge < -0.3 is 4.74 Å². The van der Waals surface area contributed by atoms with Crippen molar-refractivity contribution in [1.82, 2.24) is 0 Å². The monoisotopic (exact) mass is 272 g/mol. The lowest BCUT2D eigenvalue weighted by molar-refractivity contribution is 0.135. The number of hydrogen-bond acceptors (Lipinski definition) is 3. The fourth-order valence-electron chi connectivity index (χ4n) is 2.42. The zero-order valence-corrected chi connectivity index (χ0v) is 11.8.